The Labute approximate surface area is 101 Å². The molecule has 0 fully saturated rings. The fourth-order valence-corrected chi connectivity index (χ4v) is 1.87. The molecule has 0 unspecified atom stereocenters. The summed E-state index contributed by atoms with van der Waals surface area (Å²) >= 11 is 0. The minimum absolute atomic E-state index is 0.513. The molecule has 2 N–H and O–H groups in total. The molecule has 0 spiro atoms. The molecule has 5 heteroatoms. The zero-order valence-corrected chi connectivity index (χ0v) is 9.27. The van der Waals surface area contributed by atoms with Crippen molar-refractivity contribution in [1.29, 1.82) is 0 Å². The summed E-state index contributed by atoms with van der Waals surface area (Å²) in [4.78, 5) is 4.20. The molecular formula is C13H9F2N3. The van der Waals surface area contributed by atoms with Gasteiger partial charge < -0.3 is 5.73 Å². The van der Waals surface area contributed by atoms with E-state index in [1.54, 1.807) is 28.9 Å². The van der Waals surface area contributed by atoms with Gasteiger partial charge in [0, 0.05) is 17.4 Å². The van der Waals surface area contributed by atoms with Crippen LogP contribution in [0, 0.1) is 11.6 Å². The molecule has 3 nitrogen and oxygen atoms in total. The summed E-state index contributed by atoms with van der Waals surface area (Å²) < 4.78 is 27.9. The molecular weight excluding hydrogens is 236 g/mol. The first-order chi connectivity index (χ1) is 8.65. The Morgan fingerprint density at radius 2 is 1.89 bits per heavy atom. The van der Waals surface area contributed by atoms with Gasteiger partial charge >= 0.3 is 0 Å². The predicted molar refractivity (Wildman–Crippen MR) is 65.0 cm³/mol. The second-order valence-corrected chi connectivity index (χ2v) is 3.97. The molecule has 3 aromatic rings. The van der Waals surface area contributed by atoms with Gasteiger partial charge in [0.05, 0.1) is 11.7 Å². The highest BCUT2D eigenvalue weighted by Crippen LogP contribution is 2.22. The second-order valence-electron chi connectivity index (χ2n) is 3.97. The van der Waals surface area contributed by atoms with Gasteiger partial charge in [-0.1, -0.05) is 0 Å². The first-order valence-electron chi connectivity index (χ1n) is 5.33. The van der Waals surface area contributed by atoms with Crippen LogP contribution in [0.4, 0.5) is 14.5 Å². The van der Waals surface area contributed by atoms with Crippen LogP contribution in [-0.4, -0.2) is 9.38 Å². The largest absolute Gasteiger partial charge is 0.399 e. The van der Waals surface area contributed by atoms with Crippen molar-refractivity contribution in [1.82, 2.24) is 9.38 Å². The number of nitrogen functional groups attached to an aromatic ring is 1. The molecule has 2 aromatic heterocycles. The van der Waals surface area contributed by atoms with Gasteiger partial charge in [0.15, 0.2) is 11.6 Å². The molecule has 0 radical (unpaired) electrons. The van der Waals surface area contributed by atoms with Crippen LogP contribution in [0.3, 0.4) is 0 Å². The van der Waals surface area contributed by atoms with Gasteiger partial charge in [-0.25, -0.2) is 13.8 Å². The van der Waals surface area contributed by atoms with E-state index in [0.717, 1.165) is 17.6 Å². The molecule has 0 aliphatic heterocycles. The van der Waals surface area contributed by atoms with Gasteiger partial charge in [0.25, 0.3) is 0 Å². The number of benzene rings is 1. The maximum Gasteiger partial charge on any atom is 0.159 e. The van der Waals surface area contributed by atoms with Crippen LogP contribution in [0.15, 0.2) is 42.7 Å². The molecule has 18 heavy (non-hydrogen) atoms. The van der Waals surface area contributed by atoms with Gasteiger partial charge in [-0.05, 0) is 30.3 Å². The molecule has 0 aliphatic carbocycles. The van der Waals surface area contributed by atoms with E-state index in [-0.39, 0.29) is 0 Å². The van der Waals surface area contributed by atoms with Crippen molar-refractivity contribution in [3.05, 3.63) is 54.4 Å². The molecule has 90 valence electrons. The second kappa shape index (κ2) is 3.80. The molecule has 2 heterocycles. The number of fused-ring (bicyclic) bond motifs is 1. The number of anilines is 1. The fraction of sp³-hybridized carbons (Fsp3) is 0. The summed E-state index contributed by atoms with van der Waals surface area (Å²) in [6, 6.07) is 7.18. The first-order valence-corrected chi connectivity index (χ1v) is 5.33. The number of halogens is 2. The van der Waals surface area contributed by atoms with Gasteiger partial charge in [-0.15, -0.1) is 0 Å². The number of pyridine rings is 1. The lowest BCUT2D eigenvalue weighted by Gasteiger charge is -2.02. The molecule has 0 amide bonds. The van der Waals surface area contributed by atoms with E-state index in [4.69, 9.17) is 5.73 Å². The summed E-state index contributed by atoms with van der Waals surface area (Å²) in [5, 5.41) is 0. The van der Waals surface area contributed by atoms with Gasteiger partial charge in [0.2, 0.25) is 0 Å². The minimum atomic E-state index is -0.889. The average molecular weight is 245 g/mol. The standard InChI is InChI=1S/C13H9F2N3/c14-11-2-1-8(5-12(11)15)13-17-7-10-6-9(16)3-4-18(10)13/h1-7H,16H2. The Balaban J connectivity index is 2.22. The maximum atomic E-state index is 13.2. The Bertz CT molecular complexity index is 734. The van der Waals surface area contributed by atoms with Crippen molar-refractivity contribution < 1.29 is 8.78 Å². The summed E-state index contributed by atoms with van der Waals surface area (Å²) in [6.45, 7) is 0. The third kappa shape index (κ3) is 1.60. The van der Waals surface area contributed by atoms with Crippen LogP contribution in [0.25, 0.3) is 16.9 Å². The van der Waals surface area contributed by atoms with Gasteiger partial charge in [0.1, 0.15) is 5.82 Å². The number of imidazole rings is 1. The first kappa shape index (κ1) is 10.7. The van der Waals surface area contributed by atoms with Crippen molar-refractivity contribution >= 4 is 11.2 Å². The highest BCUT2D eigenvalue weighted by atomic mass is 19.2. The van der Waals surface area contributed by atoms with Crippen molar-refractivity contribution in [3.8, 4) is 11.4 Å². The zero-order valence-electron chi connectivity index (χ0n) is 9.27. The van der Waals surface area contributed by atoms with Crippen molar-refractivity contribution in [2.24, 2.45) is 0 Å². The predicted octanol–water partition coefficient (Wildman–Crippen LogP) is 2.86. The maximum absolute atomic E-state index is 13.2. The normalized spacial score (nSPS) is 11.0. The van der Waals surface area contributed by atoms with Crippen LogP contribution >= 0.6 is 0 Å². The van der Waals surface area contributed by atoms with E-state index in [1.807, 2.05) is 0 Å². The lowest BCUT2D eigenvalue weighted by Crippen LogP contribution is -1.93. The van der Waals surface area contributed by atoms with Gasteiger partial charge in [-0.3, -0.25) is 4.40 Å². The van der Waals surface area contributed by atoms with E-state index in [2.05, 4.69) is 4.98 Å². The average Bonchev–Trinajstić information content (AvgIpc) is 2.75. The van der Waals surface area contributed by atoms with Crippen LogP contribution in [0.2, 0.25) is 0 Å². The Kier molecular flexibility index (Phi) is 2.26. The lowest BCUT2D eigenvalue weighted by atomic mass is 10.2. The molecule has 1 aromatic carbocycles. The smallest absolute Gasteiger partial charge is 0.159 e. The van der Waals surface area contributed by atoms with E-state index in [9.17, 15) is 8.78 Å². The molecule has 0 saturated carbocycles. The molecule has 0 bridgehead atoms. The summed E-state index contributed by atoms with van der Waals surface area (Å²) in [6.07, 6.45) is 3.38. The Morgan fingerprint density at radius 3 is 2.67 bits per heavy atom. The van der Waals surface area contributed by atoms with Crippen molar-refractivity contribution in [3.63, 3.8) is 0 Å². The number of aromatic nitrogens is 2. The number of nitrogens with two attached hydrogens (primary N) is 1. The summed E-state index contributed by atoms with van der Waals surface area (Å²) in [5.74, 6) is -1.22. The van der Waals surface area contributed by atoms with Gasteiger partial charge in [-0.2, -0.15) is 0 Å². The SMILES string of the molecule is Nc1ccn2c(-c3ccc(F)c(F)c3)ncc2c1. The zero-order chi connectivity index (χ0) is 12.7. The highest BCUT2D eigenvalue weighted by Gasteiger charge is 2.09. The Hall–Kier alpha value is -2.43. The summed E-state index contributed by atoms with van der Waals surface area (Å²) in [7, 11) is 0. The Morgan fingerprint density at radius 1 is 1.06 bits per heavy atom. The number of hydrogen-bond acceptors (Lipinski definition) is 2. The number of hydrogen-bond donors (Lipinski definition) is 1. The minimum Gasteiger partial charge on any atom is -0.399 e. The molecule has 0 atom stereocenters. The van der Waals surface area contributed by atoms with Crippen molar-refractivity contribution in [2.45, 2.75) is 0 Å². The molecule has 0 aliphatic rings. The topological polar surface area (TPSA) is 43.3 Å². The van der Waals surface area contributed by atoms with Crippen LogP contribution < -0.4 is 5.73 Å². The number of rotatable bonds is 1. The quantitative estimate of drug-likeness (QED) is 0.716. The third-order valence-electron chi connectivity index (χ3n) is 2.73. The molecule has 3 rings (SSSR count). The molecule has 0 saturated heterocycles. The highest BCUT2D eigenvalue weighted by molar-refractivity contribution is 5.65. The van der Waals surface area contributed by atoms with Crippen LogP contribution in [0.1, 0.15) is 0 Å². The lowest BCUT2D eigenvalue weighted by molar-refractivity contribution is 0.509. The fourth-order valence-electron chi connectivity index (χ4n) is 1.87. The van der Waals surface area contributed by atoms with Crippen LogP contribution in [-0.2, 0) is 0 Å². The van der Waals surface area contributed by atoms with Crippen molar-refractivity contribution in [2.75, 3.05) is 5.73 Å². The van der Waals surface area contributed by atoms with E-state index in [1.165, 1.54) is 6.07 Å². The van der Waals surface area contributed by atoms with E-state index >= 15 is 0 Å². The third-order valence-corrected chi connectivity index (χ3v) is 2.73. The summed E-state index contributed by atoms with van der Waals surface area (Å²) in [5.41, 5.74) is 7.60. The van der Waals surface area contributed by atoms with E-state index in [0.29, 0.717) is 17.1 Å². The van der Waals surface area contributed by atoms with Crippen LogP contribution in [0.5, 0.6) is 0 Å². The number of nitrogens with zero attached hydrogens (tertiary/aromatic N) is 2. The van der Waals surface area contributed by atoms with E-state index < -0.39 is 11.6 Å². The monoisotopic (exact) mass is 245 g/mol.